The highest BCUT2D eigenvalue weighted by Crippen LogP contribution is 2.43. The molecule has 0 spiro atoms. The fourth-order valence-electron chi connectivity index (χ4n) is 3.10. The van der Waals surface area contributed by atoms with E-state index in [2.05, 4.69) is 60.9 Å². The molecule has 0 aliphatic rings. The molecule has 0 aliphatic carbocycles. The van der Waals surface area contributed by atoms with E-state index in [0.717, 1.165) is 22.5 Å². The molecule has 0 amide bonds. The van der Waals surface area contributed by atoms with Crippen LogP contribution in [-0.4, -0.2) is 0 Å². The summed E-state index contributed by atoms with van der Waals surface area (Å²) in [6.45, 7) is 8.01. The van der Waals surface area contributed by atoms with Crippen LogP contribution in [0.3, 0.4) is 0 Å². The van der Waals surface area contributed by atoms with E-state index in [0.29, 0.717) is 0 Å². The van der Waals surface area contributed by atoms with Crippen LogP contribution in [0.5, 0.6) is 0 Å². The van der Waals surface area contributed by atoms with Gasteiger partial charge in [0.15, 0.2) is 0 Å². The summed E-state index contributed by atoms with van der Waals surface area (Å²) in [5.41, 5.74) is 4.44. The van der Waals surface area contributed by atoms with Crippen LogP contribution in [0.2, 0.25) is 0 Å². The Morgan fingerprint density at radius 2 is 1.62 bits per heavy atom. The van der Waals surface area contributed by atoms with Gasteiger partial charge in [-0.1, -0.05) is 61.7 Å². The molecule has 4 aromatic rings. The molecule has 1 N–H and O–H groups in total. The second-order valence-corrected chi connectivity index (χ2v) is 6.68. The van der Waals surface area contributed by atoms with Crippen molar-refractivity contribution < 1.29 is 0 Å². The maximum absolute atomic E-state index is 4.03. The molecule has 0 saturated heterocycles. The molecule has 2 heteroatoms. The van der Waals surface area contributed by atoms with Gasteiger partial charge in [0.2, 0.25) is 0 Å². The number of para-hydroxylation sites is 1. The fourth-order valence-corrected chi connectivity index (χ4v) is 4.29. The van der Waals surface area contributed by atoms with Crippen molar-refractivity contribution in [1.29, 1.82) is 0 Å². The van der Waals surface area contributed by atoms with Crippen molar-refractivity contribution in [3.63, 3.8) is 0 Å². The molecule has 0 fully saturated rings. The van der Waals surface area contributed by atoms with E-state index in [9.17, 15) is 0 Å². The standard InChI is InChI=1S/C22H17NS/c1-3-15-14-19(23-16-10-6-5-7-11-16)22-21(17(15)4-2)18-12-8-9-13-20(18)24-22/h3-14,23H,1-2H2. The minimum Gasteiger partial charge on any atom is -0.354 e. The van der Waals surface area contributed by atoms with Gasteiger partial charge < -0.3 is 5.32 Å². The van der Waals surface area contributed by atoms with Gasteiger partial charge in [-0.3, -0.25) is 0 Å². The lowest BCUT2D eigenvalue weighted by Gasteiger charge is -2.12. The fraction of sp³-hybridized carbons (Fsp3) is 0. The van der Waals surface area contributed by atoms with Crippen LogP contribution in [-0.2, 0) is 0 Å². The van der Waals surface area contributed by atoms with E-state index < -0.39 is 0 Å². The van der Waals surface area contributed by atoms with Crippen LogP contribution in [0, 0.1) is 0 Å². The average Bonchev–Trinajstić information content (AvgIpc) is 3.02. The molecular formula is C22H17NS. The van der Waals surface area contributed by atoms with Crippen molar-refractivity contribution in [1.82, 2.24) is 0 Å². The molecule has 116 valence electrons. The SMILES string of the molecule is C=Cc1cc(Nc2ccccc2)c2sc3ccccc3c2c1C=C. The van der Waals surface area contributed by atoms with Gasteiger partial charge in [-0.05, 0) is 35.4 Å². The Morgan fingerprint density at radius 1 is 0.875 bits per heavy atom. The zero-order valence-corrected chi connectivity index (χ0v) is 14.1. The molecule has 3 aromatic carbocycles. The van der Waals surface area contributed by atoms with E-state index in [1.807, 2.05) is 41.7 Å². The summed E-state index contributed by atoms with van der Waals surface area (Å²) >= 11 is 1.81. The zero-order valence-electron chi connectivity index (χ0n) is 13.3. The van der Waals surface area contributed by atoms with Gasteiger partial charge in [0.1, 0.15) is 0 Å². The molecule has 4 rings (SSSR count). The summed E-state index contributed by atoms with van der Waals surface area (Å²) in [6.07, 6.45) is 3.84. The van der Waals surface area contributed by atoms with Gasteiger partial charge >= 0.3 is 0 Å². The first-order valence-electron chi connectivity index (χ1n) is 7.87. The molecule has 0 saturated carbocycles. The molecule has 0 bridgehead atoms. The number of fused-ring (bicyclic) bond motifs is 3. The molecule has 1 heterocycles. The summed E-state index contributed by atoms with van der Waals surface area (Å²) in [4.78, 5) is 0. The first-order valence-corrected chi connectivity index (χ1v) is 8.68. The summed E-state index contributed by atoms with van der Waals surface area (Å²) in [7, 11) is 0. The van der Waals surface area contributed by atoms with Crippen LogP contribution < -0.4 is 5.32 Å². The number of nitrogens with one attached hydrogen (secondary N) is 1. The normalized spacial score (nSPS) is 10.8. The van der Waals surface area contributed by atoms with Gasteiger partial charge in [-0.2, -0.15) is 0 Å². The summed E-state index contributed by atoms with van der Waals surface area (Å²) in [6, 6.07) is 20.9. The Hall–Kier alpha value is -2.84. The highest BCUT2D eigenvalue weighted by molar-refractivity contribution is 7.26. The Kier molecular flexibility index (Phi) is 3.68. The first-order chi connectivity index (χ1) is 11.8. The molecule has 0 atom stereocenters. The molecule has 0 unspecified atom stereocenters. The molecule has 24 heavy (non-hydrogen) atoms. The smallest absolute Gasteiger partial charge is 0.0596 e. The van der Waals surface area contributed by atoms with Gasteiger partial charge in [0.05, 0.1) is 10.4 Å². The summed E-state index contributed by atoms with van der Waals surface area (Å²) in [5.74, 6) is 0. The molecule has 1 nitrogen and oxygen atoms in total. The number of benzene rings is 3. The van der Waals surface area contributed by atoms with Crippen molar-refractivity contribution in [3.05, 3.63) is 84.9 Å². The Bertz CT molecular complexity index is 1060. The summed E-state index contributed by atoms with van der Waals surface area (Å²) < 4.78 is 2.54. The lowest BCUT2D eigenvalue weighted by Crippen LogP contribution is -1.93. The second-order valence-electron chi connectivity index (χ2n) is 5.63. The minimum atomic E-state index is 1.08. The van der Waals surface area contributed by atoms with Crippen LogP contribution in [0.1, 0.15) is 11.1 Å². The van der Waals surface area contributed by atoms with Crippen molar-refractivity contribution in [2.45, 2.75) is 0 Å². The number of hydrogen-bond acceptors (Lipinski definition) is 2. The number of hydrogen-bond donors (Lipinski definition) is 1. The molecule has 1 aromatic heterocycles. The quantitative estimate of drug-likeness (QED) is 0.422. The van der Waals surface area contributed by atoms with Crippen molar-refractivity contribution in [3.8, 4) is 0 Å². The maximum atomic E-state index is 4.03. The van der Waals surface area contributed by atoms with E-state index in [4.69, 9.17) is 0 Å². The van der Waals surface area contributed by atoms with Gasteiger partial charge in [-0.15, -0.1) is 11.3 Å². The second kappa shape index (κ2) is 5.99. The third kappa shape index (κ3) is 2.32. The van der Waals surface area contributed by atoms with Crippen LogP contribution in [0.4, 0.5) is 11.4 Å². The number of thiophene rings is 1. The largest absolute Gasteiger partial charge is 0.354 e. The predicted molar refractivity (Wildman–Crippen MR) is 109 cm³/mol. The minimum absolute atomic E-state index is 1.08. The highest BCUT2D eigenvalue weighted by atomic mass is 32.1. The van der Waals surface area contributed by atoms with Crippen molar-refractivity contribution in [2.75, 3.05) is 5.32 Å². The van der Waals surface area contributed by atoms with Crippen molar-refractivity contribution in [2.24, 2.45) is 0 Å². The van der Waals surface area contributed by atoms with Crippen LogP contribution in [0.25, 0.3) is 32.3 Å². The monoisotopic (exact) mass is 327 g/mol. The number of anilines is 2. The van der Waals surface area contributed by atoms with Gasteiger partial charge in [0.25, 0.3) is 0 Å². The molecule has 0 aliphatic heterocycles. The Labute approximate surface area is 145 Å². The Morgan fingerprint density at radius 3 is 2.38 bits per heavy atom. The maximum Gasteiger partial charge on any atom is 0.0596 e. The lowest BCUT2D eigenvalue weighted by molar-refractivity contribution is 1.58. The van der Waals surface area contributed by atoms with Crippen LogP contribution in [0.15, 0.2) is 73.8 Å². The lowest BCUT2D eigenvalue weighted by atomic mass is 9.99. The van der Waals surface area contributed by atoms with Gasteiger partial charge in [0, 0.05) is 21.2 Å². The average molecular weight is 327 g/mol. The molecule has 0 radical (unpaired) electrons. The van der Waals surface area contributed by atoms with Crippen LogP contribution >= 0.6 is 11.3 Å². The predicted octanol–water partition coefficient (Wildman–Crippen LogP) is 7.08. The van der Waals surface area contributed by atoms with E-state index in [-0.39, 0.29) is 0 Å². The topological polar surface area (TPSA) is 12.0 Å². The van der Waals surface area contributed by atoms with Gasteiger partial charge in [-0.25, -0.2) is 0 Å². The zero-order chi connectivity index (χ0) is 16.5. The van der Waals surface area contributed by atoms with Crippen molar-refractivity contribution >= 4 is 55.0 Å². The highest BCUT2D eigenvalue weighted by Gasteiger charge is 2.14. The van der Waals surface area contributed by atoms with E-state index in [1.54, 1.807) is 0 Å². The third-order valence-corrected chi connectivity index (χ3v) is 5.40. The van der Waals surface area contributed by atoms with E-state index in [1.165, 1.54) is 20.2 Å². The first kappa shape index (κ1) is 14.7. The summed E-state index contributed by atoms with van der Waals surface area (Å²) in [5, 5.41) is 6.08. The molecular weight excluding hydrogens is 310 g/mol. The Balaban J connectivity index is 2.06. The number of rotatable bonds is 4. The third-order valence-electron chi connectivity index (χ3n) is 4.20. The van der Waals surface area contributed by atoms with E-state index >= 15 is 0 Å².